The van der Waals surface area contributed by atoms with Crippen LogP contribution in [-0.4, -0.2) is 18.8 Å². The number of para-hydroxylation sites is 6. The highest BCUT2D eigenvalue weighted by Gasteiger charge is 2.33. The third-order valence-corrected chi connectivity index (χ3v) is 10.1. The monoisotopic (exact) mass is 587 g/mol. The van der Waals surface area contributed by atoms with E-state index in [0.29, 0.717) is 0 Å². The first-order chi connectivity index (χ1) is 22.9. The number of nitrogens with zero attached hydrogens (tertiary/aromatic N) is 5. The number of rotatable bonds is 1. The topological polar surface area (TPSA) is 47.1 Å². The van der Waals surface area contributed by atoms with Crippen molar-refractivity contribution in [2.45, 2.75) is 0 Å². The Balaban J connectivity index is 1.44. The first kappa shape index (κ1) is 23.0. The van der Waals surface area contributed by atoms with Gasteiger partial charge in [-0.15, -0.1) is 0 Å². The number of fused-ring (bicyclic) bond motifs is 14. The summed E-state index contributed by atoms with van der Waals surface area (Å²) in [4.78, 5) is 11.7. The SMILES string of the molecule is c1ccc2c(c1)Oc1ccccc1N2c1c2c(cc3c4cccc5c6ccncc6n(c13)c54)c1cccc3c4ccncc4n2c31. The number of benzene rings is 5. The van der Waals surface area contributed by atoms with Crippen molar-refractivity contribution >= 4 is 93.3 Å². The summed E-state index contributed by atoms with van der Waals surface area (Å²) in [6, 6.07) is 36.8. The minimum atomic E-state index is 0.826. The van der Waals surface area contributed by atoms with Crippen LogP contribution in [0.25, 0.3) is 76.2 Å². The molecule has 212 valence electrons. The van der Waals surface area contributed by atoms with Gasteiger partial charge in [0.15, 0.2) is 11.5 Å². The van der Waals surface area contributed by atoms with Gasteiger partial charge in [-0.2, -0.15) is 0 Å². The van der Waals surface area contributed by atoms with E-state index in [1.165, 1.54) is 54.1 Å². The molecule has 0 atom stereocenters. The fourth-order valence-corrected chi connectivity index (χ4v) is 8.40. The van der Waals surface area contributed by atoms with Crippen LogP contribution in [0.15, 0.2) is 128 Å². The number of anilines is 3. The van der Waals surface area contributed by atoms with Crippen LogP contribution < -0.4 is 9.64 Å². The van der Waals surface area contributed by atoms with Gasteiger partial charge in [0.1, 0.15) is 0 Å². The van der Waals surface area contributed by atoms with Crippen LogP contribution >= 0.6 is 0 Å². The highest BCUT2D eigenvalue weighted by atomic mass is 16.5. The van der Waals surface area contributed by atoms with Crippen molar-refractivity contribution in [2.24, 2.45) is 0 Å². The highest BCUT2D eigenvalue weighted by Crippen LogP contribution is 2.56. The van der Waals surface area contributed by atoms with E-state index in [2.05, 4.69) is 115 Å². The Kier molecular flexibility index (Phi) is 3.91. The number of ether oxygens (including phenoxy) is 1. The molecule has 1 aliphatic rings. The zero-order valence-electron chi connectivity index (χ0n) is 24.3. The second kappa shape index (κ2) is 7.81. The Labute approximate surface area is 260 Å². The summed E-state index contributed by atoms with van der Waals surface area (Å²) in [7, 11) is 0. The van der Waals surface area contributed by atoms with Crippen molar-refractivity contribution in [3.8, 4) is 11.5 Å². The Bertz CT molecular complexity index is 2880. The maximum atomic E-state index is 6.54. The molecule has 0 unspecified atom stereocenters. The van der Waals surface area contributed by atoms with Gasteiger partial charge in [0.05, 0.1) is 62.6 Å². The quantitative estimate of drug-likeness (QED) is 0.192. The molecule has 6 nitrogen and oxygen atoms in total. The van der Waals surface area contributed by atoms with Gasteiger partial charge < -0.3 is 13.5 Å². The lowest BCUT2D eigenvalue weighted by molar-refractivity contribution is 0.477. The summed E-state index contributed by atoms with van der Waals surface area (Å²) in [6.07, 6.45) is 7.81. The van der Waals surface area contributed by atoms with Gasteiger partial charge in [0.2, 0.25) is 0 Å². The normalized spacial score (nSPS) is 13.3. The summed E-state index contributed by atoms with van der Waals surface area (Å²) in [5.74, 6) is 1.65. The van der Waals surface area contributed by atoms with Gasteiger partial charge in [0.25, 0.3) is 0 Å². The average molecular weight is 588 g/mol. The zero-order valence-corrected chi connectivity index (χ0v) is 24.3. The minimum absolute atomic E-state index is 0.826. The molecule has 0 spiro atoms. The number of pyridine rings is 2. The van der Waals surface area contributed by atoms with Crippen molar-refractivity contribution in [2.75, 3.05) is 4.90 Å². The minimum Gasteiger partial charge on any atom is -0.453 e. The molecule has 0 fully saturated rings. The van der Waals surface area contributed by atoms with Crippen LogP contribution in [0.2, 0.25) is 0 Å². The van der Waals surface area contributed by atoms with Crippen molar-refractivity contribution in [1.29, 1.82) is 0 Å². The van der Waals surface area contributed by atoms with Gasteiger partial charge >= 0.3 is 0 Å². The molecule has 0 saturated carbocycles. The highest BCUT2D eigenvalue weighted by molar-refractivity contribution is 6.33. The molecule has 0 amide bonds. The molecule has 0 saturated heterocycles. The van der Waals surface area contributed by atoms with Gasteiger partial charge in [-0.25, -0.2) is 0 Å². The second-order valence-corrected chi connectivity index (χ2v) is 12.3. The third-order valence-electron chi connectivity index (χ3n) is 10.1. The van der Waals surface area contributed by atoms with Crippen LogP contribution in [0.3, 0.4) is 0 Å². The number of hydrogen-bond acceptors (Lipinski definition) is 4. The Hall–Kier alpha value is -6.40. The van der Waals surface area contributed by atoms with Gasteiger partial charge in [0, 0.05) is 55.5 Å². The van der Waals surface area contributed by atoms with E-state index in [1.807, 2.05) is 36.9 Å². The summed E-state index contributed by atoms with van der Waals surface area (Å²) in [6.45, 7) is 0. The van der Waals surface area contributed by atoms with E-state index >= 15 is 0 Å². The molecule has 7 heterocycles. The molecule has 12 rings (SSSR count). The summed E-state index contributed by atoms with van der Waals surface area (Å²) in [5, 5.41) is 9.77. The van der Waals surface area contributed by atoms with Crippen LogP contribution in [0, 0.1) is 0 Å². The lowest BCUT2D eigenvalue weighted by Gasteiger charge is -2.33. The summed E-state index contributed by atoms with van der Waals surface area (Å²) >= 11 is 0. The Morgan fingerprint density at radius 1 is 0.435 bits per heavy atom. The molecule has 0 bridgehead atoms. The third kappa shape index (κ3) is 2.51. The summed E-state index contributed by atoms with van der Waals surface area (Å²) in [5.41, 5.74) is 10.0. The van der Waals surface area contributed by atoms with E-state index in [4.69, 9.17) is 4.74 Å². The van der Waals surface area contributed by atoms with E-state index in [-0.39, 0.29) is 0 Å². The number of aromatic nitrogens is 4. The second-order valence-electron chi connectivity index (χ2n) is 12.3. The molecule has 0 N–H and O–H groups in total. The van der Waals surface area contributed by atoms with Gasteiger partial charge in [-0.05, 0) is 42.5 Å². The molecule has 1 aliphatic heterocycles. The fourth-order valence-electron chi connectivity index (χ4n) is 8.40. The van der Waals surface area contributed by atoms with Crippen molar-refractivity contribution in [3.05, 3.63) is 128 Å². The molecular weight excluding hydrogens is 566 g/mol. The fraction of sp³-hybridized carbons (Fsp3) is 0. The molecule has 11 aromatic rings. The van der Waals surface area contributed by atoms with Crippen molar-refractivity contribution in [3.63, 3.8) is 0 Å². The molecule has 0 aliphatic carbocycles. The molecular formula is C40H21N5O. The van der Waals surface area contributed by atoms with Crippen molar-refractivity contribution < 1.29 is 4.74 Å². The predicted octanol–water partition coefficient (Wildman–Crippen LogP) is 10.4. The lowest BCUT2D eigenvalue weighted by Crippen LogP contribution is -2.17. The maximum Gasteiger partial charge on any atom is 0.151 e. The van der Waals surface area contributed by atoms with Gasteiger partial charge in [-0.3, -0.25) is 14.9 Å². The molecule has 5 aromatic carbocycles. The first-order valence-electron chi connectivity index (χ1n) is 15.5. The standard InChI is InChI=1S/C40H21N5O/c1-3-13-34-30(11-1)43(31-12-2-4-14-35(31)46-34)40-38-28(26-9-5-7-24-22-15-17-41-20-32(22)44(38)36(24)26)19-29-27-10-6-8-25-23-16-18-42-21-33(23)45(37(25)27)39(29)40/h1-21H. The smallest absolute Gasteiger partial charge is 0.151 e. The van der Waals surface area contributed by atoms with E-state index in [0.717, 1.165) is 50.6 Å². The van der Waals surface area contributed by atoms with Crippen LogP contribution in [0.4, 0.5) is 17.1 Å². The van der Waals surface area contributed by atoms with Crippen LogP contribution in [0.5, 0.6) is 11.5 Å². The van der Waals surface area contributed by atoms with Crippen molar-refractivity contribution in [1.82, 2.24) is 18.8 Å². The van der Waals surface area contributed by atoms with Crippen LogP contribution in [0.1, 0.15) is 0 Å². The number of hydrogen-bond donors (Lipinski definition) is 0. The molecule has 0 radical (unpaired) electrons. The average Bonchev–Trinajstić information content (AvgIpc) is 3.83. The molecule has 46 heavy (non-hydrogen) atoms. The van der Waals surface area contributed by atoms with E-state index in [9.17, 15) is 0 Å². The lowest BCUT2D eigenvalue weighted by atomic mass is 10.0. The zero-order chi connectivity index (χ0) is 29.7. The maximum absolute atomic E-state index is 6.54. The largest absolute Gasteiger partial charge is 0.453 e. The van der Waals surface area contributed by atoms with E-state index < -0.39 is 0 Å². The Morgan fingerprint density at radius 2 is 0.913 bits per heavy atom. The first-order valence-corrected chi connectivity index (χ1v) is 15.5. The summed E-state index contributed by atoms with van der Waals surface area (Å²) < 4.78 is 11.4. The van der Waals surface area contributed by atoms with Gasteiger partial charge in [-0.1, -0.05) is 60.7 Å². The molecule has 6 heteroatoms. The Morgan fingerprint density at radius 3 is 1.43 bits per heavy atom. The predicted molar refractivity (Wildman–Crippen MR) is 186 cm³/mol. The van der Waals surface area contributed by atoms with E-state index in [1.54, 1.807) is 0 Å². The molecule has 6 aromatic heterocycles. The van der Waals surface area contributed by atoms with Crippen LogP contribution in [-0.2, 0) is 0 Å².